The first-order valence-corrected chi connectivity index (χ1v) is 7.44. The highest BCUT2D eigenvalue weighted by Crippen LogP contribution is 2.27. The summed E-state index contributed by atoms with van der Waals surface area (Å²) in [5.41, 5.74) is 1.82. The Kier molecular flexibility index (Phi) is 4.14. The highest BCUT2D eigenvalue weighted by atomic mass is 35.5. The van der Waals surface area contributed by atoms with Gasteiger partial charge in [0.1, 0.15) is 0 Å². The van der Waals surface area contributed by atoms with Gasteiger partial charge in [0.2, 0.25) is 0 Å². The number of nitro benzene ring substituents is 1. The summed E-state index contributed by atoms with van der Waals surface area (Å²) in [7, 11) is 0. The van der Waals surface area contributed by atoms with Crippen molar-refractivity contribution in [3.8, 4) is 0 Å². The van der Waals surface area contributed by atoms with Gasteiger partial charge in [-0.25, -0.2) is 0 Å². The zero-order valence-corrected chi connectivity index (χ0v) is 13.4. The Morgan fingerprint density at radius 3 is 2.75 bits per heavy atom. The molecule has 1 amide bonds. The standard InChI is InChI=1S/C17H12ClN3O3/c1-10-7-12(4-5-15(10)21(23)24)17(22)20-14-9-13(18)8-11-3-2-6-19-16(11)14/h2-9H,1H3,(H,20,22). The number of carbonyl (C=O) groups is 1. The molecule has 0 saturated carbocycles. The molecule has 0 saturated heterocycles. The van der Waals surface area contributed by atoms with Gasteiger partial charge in [0.05, 0.1) is 16.1 Å². The quantitative estimate of drug-likeness (QED) is 0.566. The van der Waals surface area contributed by atoms with E-state index in [9.17, 15) is 14.9 Å². The highest BCUT2D eigenvalue weighted by Gasteiger charge is 2.15. The van der Waals surface area contributed by atoms with E-state index in [1.807, 2.05) is 6.07 Å². The van der Waals surface area contributed by atoms with Gasteiger partial charge < -0.3 is 5.32 Å². The van der Waals surface area contributed by atoms with E-state index in [4.69, 9.17) is 11.6 Å². The third kappa shape index (κ3) is 3.04. The van der Waals surface area contributed by atoms with Gasteiger partial charge in [-0.05, 0) is 37.3 Å². The van der Waals surface area contributed by atoms with Crippen LogP contribution in [0.2, 0.25) is 5.02 Å². The molecule has 0 unspecified atom stereocenters. The molecule has 1 N–H and O–H groups in total. The molecule has 2 aromatic carbocycles. The van der Waals surface area contributed by atoms with Gasteiger partial charge in [0.25, 0.3) is 11.6 Å². The third-order valence-corrected chi connectivity index (χ3v) is 3.79. The lowest BCUT2D eigenvalue weighted by atomic mass is 10.1. The Morgan fingerprint density at radius 1 is 1.25 bits per heavy atom. The second-order valence-electron chi connectivity index (χ2n) is 5.24. The maximum Gasteiger partial charge on any atom is 0.272 e. The molecule has 0 bridgehead atoms. The molecule has 0 aliphatic carbocycles. The highest BCUT2D eigenvalue weighted by molar-refractivity contribution is 6.32. The summed E-state index contributed by atoms with van der Waals surface area (Å²) in [5.74, 6) is -0.387. The number of carbonyl (C=O) groups excluding carboxylic acids is 1. The van der Waals surface area contributed by atoms with Crippen LogP contribution >= 0.6 is 11.6 Å². The molecule has 7 heteroatoms. The number of fused-ring (bicyclic) bond motifs is 1. The minimum atomic E-state index is -0.481. The fourth-order valence-corrected chi connectivity index (χ4v) is 2.67. The number of hydrogen-bond donors (Lipinski definition) is 1. The van der Waals surface area contributed by atoms with Crippen LogP contribution in [0.5, 0.6) is 0 Å². The number of nitrogens with one attached hydrogen (secondary N) is 1. The third-order valence-electron chi connectivity index (χ3n) is 3.57. The fourth-order valence-electron chi connectivity index (χ4n) is 2.45. The van der Waals surface area contributed by atoms with E-state index in [0.717, 1.165) is 5.39 Å². The molecule has 0 aliphatic heterocycles. The number of pyridine rings is 1. The molecule has 0 atom stereocenters. The van der Waals surface area contributed by atoms with Gasteiger partial charge in [-0.1, -0.05) is 17.7 Å². The zero-order valence-electron chi connectivity index (χ0n) is 12.6. The summed E-state index contributed by atoms with van der Waals surface area (Å²) in [6, 6.07) is 11.2. The first-order chi connectivity index (χ1) is 11.5. The van der Waals surface area contributed by atoms with Crippen LogP contribution in [0, 0.1) is 17.0 Å². The Morgan fingerprint density at radius 2 is 2.04 bits per heavy atom. The number of halogens is 1. The molecule has 120 valence electrons. The van der Waals surface area contributed by atoms with Gasteiger partial charge >= 0.3 is 0 Å². The number of nitro groups is 1. The number of nitrogens with zero attached hydrogens (tertiary/aromatic N) is 2. The van der Waals surface area contributed by atoms with Crippen molar-refractivity contribution in [2.24, 2.45) is 0 Å². The summed E-state index contributed by atoms with van der Waals surface area (Å²) in [4.78, 5) is 27.1. The van der Waals surface area contributed by atoms with Gasteiger partial charge in [-0.15, -0.1) is 0 Å². The van der Waals surface area contributed by atoms with Crippen molar-refractivity contribution < 1.29 is 9.72 Å². The lowest BCUT2D eigenvalue weighted by Crippen LogP contribution is -2.13. The number of hydrogen-bond acceptors (Lipinski definition) is 4. The van der Waals surface area contributed by atoms with E-state index in [-0.39, 0.29) is 11.6 Å². The lowest BCUT2D eigenvalue weighted by molar-refractivity contribution is -0.385. The Hall–Kier alpha value is -2.99. The summed E-state index contributed by atoms with van der Waals surface area (Å²) in [5, 5.41) is 14.9. The average Bonchev–Trinajstić information content (AvgIpc) is 2.54. The molecule has 0 spiro atoms. The molecular formula is C17H12ClN3O3. The van der Waals surface area contributed by atoms with Crippen LogP contribution in [0.15, 0.2) is 48.7 Å². The van der Waals surface area contributed by atoms with Gasteiger partial charge in [0, 0.05) is 33.8 Å². The predicted octanol–water partition coefficient (Wildman–Crippen LogP) is 4.36. The number of aromatic nitrogens is 1. The molecule has 1 heterocycles. The number of amides is 1. The molecular weight excluding hydrogens is 330 g/mol. The topological polar surface area (TPSA) is 85.1 Å². The predicted molar refractivity (Wildman–Crippen MR) is 92.5 cm³/mol. The number of benzene rings is 2. The summed E-state index contributed by atoms with van der Waals surface area (Å²) in [6.45, 7) is 1.59. The first-order valence-electron chi connectivity index (χ1n) is 7.06. The van der Waals surface area contributed by atoms with E-state index < -0.39 is 4.92 Å². The van der Waals surface area contributed by atoms with Crippen molar-refractivity contribution in [3.05, 3.63) is 74.9 Å². The molecule has 1 aromatic heterocycles. The molecule has 24 heavy (non-hydrogen) atoms. The van der Waals surface area contributed by atoms with Crippen molar-refractivity contribution >= 4 is 39.8 Å². The monoisotopic (exact) mass is 341 g/mol. The first kappa shape index (κ1) is 15.9. The van der Waals surface area contributed by atoms with Gasteiger partial charge in [0.15, 0.2) is 0 Å². The summed E-state index contributed by atoms with van der Waals surface area (Å²) >= 11 is 6.08. The Bertz CT molecular complexity index is 972. The van der Waals surface area contributed by atoms with Gasteiger partial charge in [-0.3, -0.25) is 19.9 Å². The summed E-state index contributed by atoms with van der Waals surface area (Å²) in [6.07, 6.45) is 1.63. The zero-order chi connectivity index (χ0) is 17.3. The maximum atomic E-state index is 12.5. The Labute approximate surface area is 142 Å². The molecule has 3 rings (SSSR count). The smallest absolute Gasteiger partial charge is 0.272 e. The summed E-state index contributed by atoms with van der Waals surface area (Å²) < 4.78 is 0. The normalized spacial score (nSPS) is 10.6. The van der Waals surface area contributed by atoms with Crippen LogP contribution in [0.3, 0.4) is 0 Å². The van der Waals surface area contributed by atoms with Gasteiger partial charge in [-0.2, -0.15) is 0 Å². The minimum absolute atomic E-state index is 0.0265. The fraction of sp³-hybridized carbons (Fsp3) is 0.0588. The maximum absolute atomic E-state index is 12.5. The molecule has 0 fully saturated rings. The average molecular weight is 342 g/mol. The van der Waals surface area contributed by atoms with Crippen LogP contribution in [0.4, 0.5) is 11.4 Å². The number of anilines is 1. The van der Waals surface area contributed by atoms with Crippen molar-refractivity contribution in [1.29, 1.82) is 0 Å². The molecule has 3 aromatic rings. The van der Waals surface area contributed by atoms with Crippen LogP contribution in [-0.2, 0) is 0 Å². The molecule has 0 aliphatic rings. The van der Waals surface area contributed by atoms with Crippen molar-refractivity contribution in [1.82, 2.24) is 4.98 Å². The van der Waals surface area contributed by atoms with E-state index in [0.29, 0.717) is 27.4 Å². The van der Waals surface area contributed by atoms with Crippen LogP contribution in [0.1, 0.15) is 15.9 Å². The largest absolute Gasteiger partial charge is 0.320 e. The molecule has 6 nitrogen and oxygen atoms in total. The minimum Gasteiger partial charge on any atom is -0.320 e. The van der Waals surface area contributed by atoms with Crippen molar-refractivity contribution in [2.45, 2.75) is 6.92 Å². The van der Waals surface area contributed by atoms with E-state index >= 15 is 0 Å². The molecule has 0 radical (unpaired) electrons. The Balaban J connectivity index is 1.96. The van der Waals surface area contributed by atoms with E-state index in [1.54, 1.807) is 31.3 Å². The van der Waals surface area contributed by atoms with E-state index in [2.05, 4.69) is 10.3 Å². The number of rotatable bonds is 3. The second kappa shape index (κ2) is 6.25. The van der Waals surface area contributed by atoms with Crippen LogP contribution in [-0.4, -0.2) is 15.8 Å². The second-order valence-corrected chi connectivity index (χ2v) is 5.68. The number of aryl methyl sites for hydroxylation is 1. The lowest BCUT2D eigenvalue weighted by Gasteiger charge is -2.09. The van der Waals surface area contributed by atoms with Crippen LogP contribution in [0.25, 0.3) is 10.9 Å². The van der Waals surface area contributed by atoms with Crippen molar-refractivity contribution in [2.75, 3.05) is 5.32 Å². The van der Waals surface area contributed by atoms with Crippen molar-refractivity contribution in [3.63, 3.8) is 0 Å². The van der Waals surface area contributed by atoms with Crippen LogP contribution < -0.4 is 5.32 Å². The SMILES string of the molecule is Cc1cc(C(=O)Nc2cc(Cl)cc3cccnc23)ccc1[N+](=O)[O-]. The van der Waals surface area contributed by atoms with E-state index in [1.165, 1.54) is 18.2 Å².